The van der Waals surface area contributed by atoms with Gasteiger partial charge >= 0.3 is 0 Å². The normalized spacial score (nSPS) is 20.8. The number of rotatable bonds is 7. The molecule has 1 amide bonds. The first kappa shape index (κ1) is 26.7. The molecule has 2 heterocycles. The first-order valence-electron chi connectivity index (χ1n) is 12.3. The van der Waals surface area contributed by atoms with Crippen LogP contribution in [0.2, 0.25) is 0 Å². The Morgan fingerprint density at radius 1 is 1.24 bits per heavy atom. The molecule has 0 aromatic carbocycles. The van der Waals surface area contributed by atoms with E-state index in [0.717, 1.165) is 49.2 Å². The second-order valence-electron chi connectivity index (χ2n) is 8.67. The summed E-state index contributed by atoms with van der Waals surface area (Å²) in [6.07, 6.45) is 12.7. The van der Waals surface area contributed by atoms with E-state index in [1.807, 2.05) is 51.8 Å². The summed E-state index contributed by atoms with van der Waals surface area (Å²) in [4.78, 5) is 28.9. The Morgan fingerprint density at radius 2 is 1.97 bits per heavy atom. The number of allylic oxidation sites excluding steroid dienone is 2. The summed E-state index contributed by atoms with van der Waals surface area (Å²) in [6.45, 7) is 13.2. The highest BCUT2D eigenvalue weighted by molar-refractivity contribution is 6.06. The van der Waals surface area contributed by atoms with Crippen LogP contribution in [0.25, 0.3) is 0 Å². The number of ether oxygens (including phenoxy) is 1. The van der Waals surface area contributed by atoms with Crippen LogP contribution in [-0.4, -0.2) is 53.9 Å². The molecule has 0 bridgehead atoms. The first-order chi connectivity index (χ1) is 16.0. The lowest BCUT2D eigenvalue weighted by Gasteiger charge is -2.27. The average Bonchev–Trinajstić information content (AvgIpc) is 3.20. The molecular weight excluding hydrogens is 414 g/mol. The van der Waals surface area contributed by atoms with Crippen molar-refractivity contribution in [2.45, 2.75) is 78.2 Å². The Kier molecular flexibility index (Phi) is 10.7. The smallest absolute Gasteiger partial charge is 0.240 e. The van der Waals surface area contributed by atoms with Crippen molar-refractivity contribution in [3.8, 4) is 0 Å². The Morgan fingerprint density at radius 3 is 2.61 bits per heavy atom. The molecule has 182 valence electrons. The monoisotopic (exact) mass is 455 g/mol. The van der Waals surface area contributed by atoms with E-state index in [0.29, 0.717) is 24.7 Å². The van der Waals surface area contributed by atoms with E-state index in [4.69, 9.17) is 14.7 Å². The van der Waals surface area contributed by atoms with Crippen LogP contribution in [0.3, 0.4) is 0 Å². The van der Waals surface area contributed by atoms with E-state index < -0.39 is 0 Å². The van der Waals surface area contributed by atoms with Crippen molar-refractivity contribution >= 4 is 17.4 Å². The minimum absolute atomic E-state index is 0.0244. The highest BCUT2D eigenvalue weighted by Crippen LogP contribution is 2.27. The molecule has 1 atom stereocenters. The molecule has 1 aliphatic carbocycles. The van der Waals surface area contributed by atoms with Gasteiger partial charge in [0.2, 0.25) is 5.91 Å². The highest BCUT2D eigenvalue weighted by atomic mass is 16.5. The Bertz CT molecular complexity index is 856. The molecule has 3 rings (SSSR count). The van der Waals surface area contributed by atoms with Crippen molar-refractivity contribution in [2.75, 3.05) is 31.7 Å². The van der Waals surface area contributed by atoms with Crippen LogP contribution in [0.4, 0.5) is 5.82 Å². The van der Waals surface area contributed by atoms with Gasteiger partial charge in [-0.15, -0.1) is 0 Å². The molecule has 1 N–H and O–H groups in total. The predicted octanol–water partition coefficient (Wildman–Crippen LogP) is 4.40. The summed E-state index contributed by atoms with van der Waals surface area (Å²) in [5.74, 6) is 1.38. The second kappa shape index (κ2) is 13.2. The molecule has 1 aromatic heterocycles. The maximum atomic E-state index is 12.8. The van der Waals surface area contributed by atoms with Gasteiger partial charge in [0.1, 0.15) is 11.5 Å². The lowest BCUT2D eigenvalue weighted by atomic mass is 9.97. The summed E-state index contributed by atoms with van der Waals surface area (Å²) >= 11 is 0. The number of nitrogens with zero attached hydrogens (tertiary/aromatic N) is 4. The third kappa shape index (κ3) is 7.49. The molecule has 1 unspecified atom stereocenters. The fraction of sp³-hybridized carbons (Fsp3) is 0.615. The van der Waals surface area contributed by atoms with Crippen molar-refractivity contribution < 1.29 is 9.53 Å². The van der Waals surface area contributed by atoms with Gasteiger partial charge in [-0.25, -0.2) is 9.97 Å². The number of hydrogen-bond donors (Lipinski definition) is 1. The van der Waals surface area contributed by atoms with Gasteiger partial charge in [0.05, 0.1) is 18.7 Å². The zero-order valence-electron chi connectivity index (χ0n) is 21.1. The Balaban J connectivity index is 0.00000187. The van der Waals surface area contributed by atoms with Gasteiger partial charge in [0.15, 0.2) is 5.82 Å². The number of hydrogen-bond acceptors (Lipinski definition) is 6. The number of carbonyl (C=O) groups excluding carboxylic acids is 1. The Hall–Kier alpha value is -2.54. The van der Waals surface area contributed by atoms with Crippen LogP contribution in [-0.2, 0) is 22.4 Å². The van der Waals surface area contributed by atoms with Gasteiger partial charge in [0.25, 0.3) is 0 Å². The minimum atomic E-state index is -0.292. The molecule has 0 radical (unpaired) electrons. The largest absolute Gasteiger partial charge is 0.379 e. The summed E-state index contributed by atoms with van der Waals surface area (Å²) < 4.78 is 5.46. The molecule has 7 nitrogen and oxygen atoms in total. The molecule has 1 fully saturated rings. The van der Waals surface area contributed by atoms with Crippen molar-refractivity contribution in [3.63, 3.8) is 0 Å². The quantitative estimate of drug-likeness (QED) is 0.617. The molecule has 1 aliphatic heterocycles. The molecule has 33 heavy (non-hydrogen) atoms. The van der Waals surface area contributed by atoms with Crippen molar-refractivity contribution in [1.82, 2.24) is 15.3 Å². The molecular formula is C26H41N5O2. The van der Waals surface area contributed by atoms with Crippen molar-refractivity contribution in [1.29, 1.82) is 0 Å². The van der Waals surface area contributed by atoms with E-state index in [1.54, 1.807) is 0 Å². The topological polar surface area (TPSA) is 79.7 Å². The molecule has 0 spiro atoms. The highest BCUT2D eigenvalue weighted by Gasteiger charge is 2.31. The molecule has 1 aromatic rings. The molecule has 2 aliphatic rings. The zero-order chi connectivity index (χ0) is 24.3. The number of aromatic nitrogens is 2. The van der Waals surface area contributed by atoms with Crippen molar-refractivity contribution in [2.24, 2.45) is 4.99 Å². The third-order valence-corrected chi connectivity index (χ3v) is 5.85. The minimum Gasteiger partial charge on any atom is -0.379 e. The van der Waals surface area contributed by atoms with Crippen molar-refractivity contribution in [3.05, 3.63) is 42.0 Å². The van der Waals surface area contributed by atoms with Crippen LogP contribution in [0, 0.1) is 0 Å². The van der Waals surface area contributed by atoms with Crippen LogP contribution in [0.15, 0.2) is 29.9 Å². The lowest BCUT2D eigenvalue weighted by molar-refractivity contribution is -0.121. The van der Waals surface area contributed by atoms with Crippen LogP contribution in [0.1, 0.15) is 76.9 Å². The summed E-state index contributed by atoms with van der Waals surface area (Å²) in [5.41, 5.74) is 2.62. The predicted molar refractivity (Wildman–Crippen MR) is 136 cm³/mol. The maximum Gasteiger partial charge on any atom is 0.240 e. The van der Waals surface area contributed by atoms with E-state index in [2.05, 4.69) is 16.9 Å². The third-order valence-electron chi connectivity index (χ3n) is 5.85. The van der Waals surface area contributed by atoms with Gasteiger partial charge in [-0.1, -0.05) is 39.3 Å². The molecule has 1 saturated heterocycles. The standard InChI is InChI=1S/C24H35N5O2.C2H6/c1-5-11-20(25-6-2)22-26-19-13-10-8-7-9-12-18(19)23(27-22)29(4)16-21(30)28-24(3)14-15-31-17-24;1-2/h5-6,11H,2,7-10,12-17H2,1,3-4H3,(H,28,30);1-2H3/b11-5+,25-20?;. The lowest BCUT2D eigenvalue weighted by Crippen LogP contribution is -2.49. The van der Waals surface area contributed by atoms with Crippen LogP contribution < -0.4 is 10.2 Å². The number of anilines is 1. The zero-order valence-corrected chi connectivity index (χ0v) is 21.1. The van der Waals surface area contributed by atoms with Gasteiger partial charge in [-0.05, 0) is 52.0 Å². The van der Waals surface area contributed by atoms with Gasteiger partial charge < -0.3 is 15.0 Å². The van der Waals surface area contributed by atoms with Crippen LogP contribution in [0.5, 0.6) is 0 Å². The fourth-order valence-corrected chi connectivity index (χ4v) is 4.22. The summed E-state index contributed by atoms with van der Waals surface area (Å²) in [6, 6.07) is 0. The molecule has 0 saturated carbocycles. The van der Waals surface area contributed by atoms with E-state index in [9.17, 15) is 4.79 Å². The first-order valence-corrected chi connectivity index (χ1v) is 12.3. The van der Waals surface area contributed by atoms with Crippen LogP contribution >= 0.6 is 0 Å². The SMILES string of the molecule is C=CN=C(/C=C/C)c1nc2c(c(N(C)CC(=O)NC3(C)CCOC3)n1)CCCCCC2.CC. The average molecular weight is 456 g/mol. The number of likely N-dealkylation sites (N-methyl/N-ethyl adjacent to an activating group) is 1. The van der Waals surface area contributed by atoms with Gasteiger partial charge in [0, 0.05) is 31.1 Å². The maximum absolute atomic E-state index is 12.8. The van der Waals surface area contributed by atoms with E-state index >= 15 is 0 Å². The Labute approximate surface area is 199 Å². The van der Waals surface area contributed by atoms with E-state index in [-0.39, 0.29) is 18.0 Å². The summed E-state index contributed by atoms with van der Waals surface area (Å²) in [5, 5.41) is 3.14. The number of fused-ring (bicyclic) bond motifs is 1. The number of carbonyl (C=O) groups is 1. The van der Waals surface area contributed by atoms with Gasteiger partial charge in [-0.2, -0.15) is 0 Å². The van der Waals surface area contributed by atoms with E-state index in [1.165, 1.54) is 19.0 Å². The number of amides is 1. The number of nitrogens with one attached hydrogen (secondary N) is 1. The molecule has 7 heteroatoms. The second-order valence-corrected chi connectivity index (χ2v) is 8.67. The fourth-order valence-electron chi connectivity index (χ4n) is 4.22. The summed E-state index contributed by atoms with van der Waals surface area (Å²) in [7, 11) is 1.93. The van der Waals surface area contributed by atoms with Gasteiger partial charge in [-0.3, -0.25) is 9.79 Å². The number of aryl methyl sites for hydroxylation is 1. The number of aliphatic imine (C=N–C) groups is 1.